The quantitative estimate of drug-likeness (QED) is 0.528. The third kappa shape index (κ3) is 0.722. The van der Waals surface area contributed by atoms with Gasteiger partial charge in [-0.15, -0.1) is 0 Å². The number of hydrogen-bond donors (Lipinski definition) is 1. The van der Waals surface area contributed by atoms with Gasteiger partial charge in [0.05, 0.1) is 6.20 Å². The highest BCUT2D eigenvalue weighted by atomic mass is 16.3. The Kier molecular flexibility index (Phi) is 1.12. The molecule has 1 rings (SSSR count). The molecule has 0 spiro atoms. The summed E-state index contributed by atoms with van der Waals surface area (Å²) in [5.74, 6) is -0.0694. The van der Waals surface area contributed by atoms with Gasteiger partial charge >= 0.3 is 0 Å². The number of aromatic nitrogens is 2. The fourth-order valence-electron chi connectivity index (χ4n) is 0.556. The smallest absolute Gasteiger partial charge is 0.180 e. The summed E-state index contributed by atoms with van der Waals surface area (Å²) in [5.41, 5.74) is 0.190. The monoisotopic (exact) mass is 123 g/mol. The molecular formula is C5H5N3O. The minimum Gasteiger partial charge on any atom is -0.504 e. The average Bonchev–Trinajstić information content (AvgIpc) is 2.12. The maximum Gasteiger partial charge on any atom is 0.180 e. The zero-order valence-corrected chi connectivity index (χ0v) is 4.87. The lowest BCUT2D eigenvalue weighted by Gasteiger charge is -1.86. The predicted octanol–water partition coefficient (Wildman–Crippen LogP) is -0.00262. The normalized spacial score (nSPS) is 8.89. The second kappa shape index (κ2) is 1.78. The van der Waals surface area contributed by atoms with Crippen molar-refractivity contribution in [3.63, 3.8) is 0 Å². The van der Waals surface area contributed by atoms with Crippen LogP contribution in [0.4, 0.5) is 0 Å². The fourth-order valence-corrected chi connectivity index (χ4v) is 0.556. The molecule has 1 heterocycles. The van der Waals surface area contributed by atoms with Crippen LogP contribution in [0.2, 0.25) is 0 Å². The van der Waals surface area contributed by atoms with Gasteiger partial charge in [0.25, 0.3) is 0 Å². The molecule has 4 heteroatoms. The summed E-state index contributed by atoms with van der Waals surface area (Å²) in [6.45, 7) is 0. The maximum absolute atomic E-state index is 8.83. The Morgan fingerprint density at radius 3 is 2.78 bits per heavy atom. The third-order valence-electron chi connectivity index (χ3n) is 1.03. The minimum absolute atomic E-state index is 0.0694. The Balaban J connectivity index is 3.27. The van der Waals surface area contributed by atoms with Crippen LogP contribution in [0.25, 0.3) is 0 Å². The number of hydrogen-bond acceptors (Lipinski definition) is 3. The number of aryl methyl sites for hydroxylation is 1. The van der Waals surface area contributed by atoms with Crippen molar-refractivity contribution in [1.82, 2.24) is 9.78 Å². The van der Waals surface area contributed by atoms with Gasteiger partial charge in [-0.05, 0) is 0 Å². The Hall–Kier alpha value is -1.50. The molecular weight excluding hydrogens is 118 g/mol. The van der Waals surface area contributed by atoms with E-state index in [1.165, 1.54) is 10.9 Å². The lowest BCUT2D eigenvalue weighted by Crippen LogP contribution is -1.92. The van der Waals surface area contributed by atoms with Crippen molar-refractivity contribution in [2.75, 3.05) is 0 Å². The number of nitriles is 1. The number of nitrogens with zero attached hydrogens (tertiary/aromatic N) is 3. The first-order valence-electron chi connectivity index (χ1n) is 2.36. The van der Waals surface area contributed by atoms with Crippen molar-refractivity contribution in [2.45, 2.75) is 0 Å². The summed E-state index contributed by atoms with van der Waals surface area (Å²) in [7, 11) is 1.60. The summed E-state index contributed by atoms with van der Waals surface area (Å²) in [6, 6.07) is 1.79. The van der Waals surface area contributed by atoms with E-state index < -0.39 is 0 Å². The highest BCUT2D eigenvalue weighted by molar-refractivity contribution is 5.33. The topological polar surface area (TPSA) is 61.8 Å². The van der Waals surface area contributed by atoms with E-state index in [9.17, 15) is 0 Å². The third-order valence-corrected chi connectivity index (χ3v) is 1.03. The molecule has 0 aliphatic heterocycles. The number of rotatable bonds is 0. The highest BCUT2D eigenvalue weighted by Gasteiger charge is 2.03. The molecule has 0 fully saturated rings. The molecule has 1 N–H and O–H groups in total. The van der Waals surface area contributed by atoms with Crippen molar-refractivity contribution in [1.29, 1.82) is 5.26 Å². The van der Waals surface area contributed by atoms with Crippen LogP contribution in [0.5, 0.6) is 5.75 Å². The summed E-state index contributed by atoms with van der Waals surface area (Å²) in [4.78, 5) is 0. The largest absolute Gasteiger partial charge is 0.504 e. The highest BCUT2D eigenvalue weighted by Crippen LogP contribution is 2.11. The Bertz CT molecular complexity index is 238. The molecule has 0 aliphatic carbocycles. The van der Waals surface area contributed by atoms with Crippen molar-refractivity contribution < 1.29 is 5.11 Å². The van der Waals surface area contributed by atoms with Crippen LogP contribution >= 0.6 is 0 Å². The molecule has 0 aromatic carbocycles. The van der Waals surface area contributed by atoms with E-state index in [1.807, 2.05) is 0 Å². The average molecular weight is 123 g/mol. The summed E-state index contributed by atoms with van der Waals surface area (Å²) >= 11 is 0. The first-order valence-corrected chi connectivity index (χ1v) is 2.36. The minimum atomic E-state index is -0.0694. The van der Waals surface area contributed by atoms with Crippen LogP contribution in [-0.4, -0.2) is 14.9 Å². The van der Waals surface area contributed by atoms with Crippen LogP contribution < -0.4 is 0 Å². The van der Waals surface area contributed by atoms with E-state index in [4.69, 9.17) is 10.4 Å². The molecule has 0 unspecified atom stereocenters. The van der Waals surface area contributed by atoms with Crippen LogP contribution in [-0.2, 0) is 7.05 Å². The SMILES string of the molecule is Cn1ncc(O)c1C#N. The summed E-state index contributed by atoms with van der Waals surface area (Å²) < 4.78 is 1.31. The van der Waals surface area contributed by atoms with E-state index in [2.05, 4.69) is 5.10 Å². The van der Waals surface area contributed by atoms with Gasteiger partial charge < -0.3 is 5.11 Å². The van der Waals surface area contributed by atoms with Crippen LogP contribution in [0.3, 0.4) is 0 Å². The molecule has 9 heavy (non-hydrogen) atoms. The second-order valence-electron chi connectivity index (χ2n) is 1.61. The summed E-state index contributed by atoms with van der Waals surface area (Å²) in [6.07, 6.45) is 1.23. The molecule has 1 aromatic heterocycles. The molecule has 46 valence electrons. The van der Waals surface area contributed by atoms with Gasteiger partial charge in [0, 0.05) is 7.05 Å². The van der Waals surface area contributed by atoms with Gasteiger partial charge in [-0.2, -0.15) is 10.4 Å². The first-order chi connectivity index (χ1) is 4.25. The van der Waals surface area contributed by atoms with Gasteiger partial charge in [0.15, 0.2) is 11.4 Å². The Morgan fingerprint density at radius 1 is 1.89 bits per heavy atom. The van der Waals surface area contributed by atoms with E-state index >= 15 is 0 Å². The molecule has 0 bridgehead atoms. The fraction of sp³-hybridized carbons (Fsp3) is 0.200. The second-order valence-corrected chi connectivity index (χ2v) is 1.61. The van der Waals surface area contributed by atoms with Gasteiger partial charge in [-0.25, -0.2) is 0 Å². The van der Waals surface area contributed by atoms with Gasteiger partial charge in [0.1, 0.15) is 6.07 Å². The Labute approximate surface area is 52.0 Å². The predicted molar refractivity (Wildman–Crippen MR) is 29.6 cm³/mol. The van der Waals surface area contributed by atoms with Crippen molar-refractivity contribution in [3.05, 3.63) is 11.9 Å². The molecule has 0 saturated heterocycles. The maximum atomic E-state index is 8.83. The molecule has 0 atom stereocenters. The Morgan fingerprint density at radius 2 is 2.56 bits per heavy atom. The lowest BCUT2D eigenvalue weighted by molar-refractivity contribution is 0.472. The first kappa shape index (κ1) is 5.63. The number of aromatic hydroxyl groups is 1. The van der Waals surface area contributed by atoms with Gasteiger partial charge in [-0.1, -0.05) is 0 Å². The van der Waals surface area contributed by atoms with Crippen molar-refractivity contribution in [3.8, 4) is 11.8 Å². The zero-order valence-electron chi connectivity index (χ0n) is 4.87. The van der Waals surface area contributed by atoms with Crippen molar-refractivity contribution >= 4 is 0 Å². The zero-order chi connectivity index (χ0) is 6.85. The summed E-state index contributed by atoms with van der Waals surface area (Å²) in [5, 5.41) is 20.8. The van der Waals surface area contributed by atoms with E-state index in [1.54, 1.807) is 13.1 Å². The molecule has 0 radical (unpaired) electrons. The lowest BCUT2D eigenvalue weighted by atomic mass is 10.4. The molecule has 0 aliphatic rings. The van der Waals surface area contributed by atoms with E-state index in [0.29, 0.717) is 0 Å². The van der Waals surface area contributed by atoms with Crippen molar-refractivity contribution in [2.24, 2.45) is 7.05 Å². The standard InChI is InChI=1S/C5H5N3O/c1-8-4(2-6)5(9)3-7-8/h3,9H,1H3. The van der Waals surface area contributed by atoms with E-state index in [-0.39, 0.29) is 11.4 Å². The molecule has 0 amide bonds. The van der Waals surface area contributed by atoms with Gasteiger partial charge in [-0.3, -0.25) is 4.68 Å². The van der Waals surface area contributed by atoms with E-state index in [0.717, 1.165) is 0 Å². The molecule has 0 saturated carbocycles. The van der Waals surface area contributed by atoms with Crippen LogP contribution in [0.1, 0.15) is 5.69 Å². The van der Waals surface area contributed by atoms with Gasteiger partial charge in [0.2, 0.25) is 0 Å². The molecule has 1 aromatic rings. The van der Waals surface area contributed by atoms with Crippen LogP contribution in [0.15, 0.2) is 6.20 Å². The molecule has 4 nitrogen and oxygen atoms in total. The van der Waals surface area contributed by atoms with Crippen LogP contribution in [0, 0.1) is 11.3 Å².